The third-order valence-electron chi connectivity index (χ3n) is 2.55. The Morgan fingerprint density at radius 2 is 2.47 bits per heavy atom. The number of nitrogens with zero attached hydrogens (tertiary/aromatic N) is 2. The summed E-state index contributed by atoms with van der Waals surface area (Å²) in [6.45, 7) is 7.01. The number of aliphatic imine (C=N–C) groups is 1. The highest BCUT2D eigenvalue weighted by Crippen LogP contribution is 2.26. The largest absolute Gasteiger partial charge is 0.479 e. The van der Waals surface area contributed by atoms with Crippen molar-refractivity contribution in [3.63, 3.8) is 0 Å². The maximum absolute atomic E-state index is 11.2. The standard InChI is InChI=1S/C10H16N2O3/c1-4-5-10(9(14)15)6-12(8(3)13)7(2)11-10/h4,8,13H,1,5-6H2,2-3H3,(H,14,15). The number of aliphatic carboxylic acids is 1. The van der Waals surface area contributed by atoms with E-state index in [1.165, 1.54) is 6.08 Å². The predicted octanol–water partition coefficient (Wildman–Crippen LogP) is 0.458. The summed E-state index contributed by atoms with van der Waals surface area (Å²) in [7, 11) is 0. The summed E-state index contributed by atoms with van der Waals surface area (Å²) >= 11 is 0. The van der Waals surface area contributed by atoms with Crippen LogP contribution in [-0.2, 0) is 4.79 Å². The molecule has 0 spiro atoms. The maximum atomic E-state index is 11.2. The molecular formula is C10H16N2O3. The molecule has 1 heterocycles. The Hall–Kier alpha value is -1.36. The molecule has 0 aromatic heterocycles. The lowest BCUT2D eigenvalue weighted by atomic mass is 9.97. The van der Waals surface area contributed by atoms with Crippen LogP contribution in [0.3, 0.4) is 0 Å². The van der Waals surface area contributed by atoms with Crippen LogP contribution >= 0.6 is 0 Å². The number of carboxylic acids is 1. The first-order valence-electron chi connectivity index (χ1n) is 4.78. The van der Waals surface area contributed by atoms with Gasteiger partial charge >= 0.3 is 5.97 Å². The number of rotatable bonds is 4. The Kier molecular flexibility index (Phi) is 3.14. The Morgan fingerprint density at radius 1 is 1.87 bits per heavy atom. The Bertz CT molecular complexity index is 312. The van der Waals surface area contributed by atoms with E-state index in [2.05, 4.69) is 11.6 Å². The van der Waals surface area contributed by atoms with E-state index in [1.807, 2.05) is 0 Å². The van der Waals surface area contributed by atoms with Crippen molar-refractivity contribution in [2.24, 2.45) is 4.99 Å². The van der Waals surface area contributed by atoms with Gasteiger partial charge in [-0.05, 0) is 13.8 Å². The van der Waals surface area contributed by atoms with E-state index < -0.39 is 17.7 Å². The summed E-state index contributed by atoms with van der Waals surface area (Å²) in [6, 6.07) is 0. The first kappa shape index (κ1) is 11.7. The quantitative estimate of drug-likeness (QED) is 0.664. The fourth-order valence-electron chi connectivity index (χ4n) is 1.76. The van der Waals surface area contributed by atoms with Gasteiger partial charge in [0, 0.05) is 6.42 Å². The topological polar surface area (TPSA) is 73.1 Å². The minimum atomic E-state index is -1.18. The molecule has 2 unspecified atom stereocenters. The number of carboxylic acid groups (broad SMARTS) is 1. The molecule has 84 valence electrons. The molecule has 15 heavy (non-hydrogen) atoms. The van der Waals surface area contributed by atoms with Crippen LogP contribution in [0.2, 0.25) is 0 Å². The summed E-state index contributed by atoms with van der Waals surface area (Å²) in [6.07, 6.45) is 1.08. The predicted molar refractivity (Wildman–Crippen MR) is 56.7 cm³/mol. The van der Waals surface area contributed by atoms with Crippen LogP contribution < -0.4 is 0 Å². The smallest absolute Gasteiger partial charge is 0.333 e. The van der Waals surface area contributed by atoms with E-state index in [-0.39, 0.29) is 13.0 Å². The van der Waals surface area contributed by atoms with Gasteiger partial charge in [-0.2, -0.15) is 0 Å². The molecule has 0 radical (unpaired) electrons. The summed E-state index contributed by atoms with van der Waals surface area (Å²) < 4.78 is 0. The molecule has 0 aliphatic carbocycles. The van der Waals surface area contributed by atoms with Crippen molar-refractivity contribution >= 4 is 11.8 Å². The van der Waals surface area contributed by atoms with Gasteiger partial charge < -0.3 is 15.1 Å². The van der Waals surface area contributed by atoms with Gasteiger partial charge in [0.1, 0.15) is 6.23 Å². The molecule has 1 rings (SSSR count). The molecule has 1 aliphatic rings. The van der Waals surface area contributed by atoms with Crippen molar-refractivity contribution in [2.75, 3.05) is 6.54 Å². The summed E-state index contributed by atoms with van der Waals surface area (Å²) in [5.41, 5.74) is -1.18. The zero-order chi connectivity index (χ0) is 11.6. The van der Waals surface area contributed by atoms with E-state index in [1.54, 1.807) is 18.7 Å². The van der Waals surface area contributed by atoms with Crippen LogP contribution in [-0.4, -0.2) is 45.2 Å². The van der Waals surface area contributed by atoms with E-state index in [0.717, 1.165) is 0 Å². The molecule has 5 heteroatoms. The molecule has 0 saturated carbocycles. The fourth-order valence-corrected chi connectivity index (χ4v) is 1.76. The number of amidine groups is 1. The molecule has 0 saturated heterocycles. The average molecular weight is 212 g/mol. The minimum Gasteiger partial charge on any atom is -0.479 e. The SMILES string of the molecule is C=CCC1(C(=O)O)CN(C(C)O)C(C)=N1. The van der Waals surface area contributed by atoms with Crippen molar-refractivity contribution in [1.29, 1.82) is 0 Å². The molecule has 0 amide bonds. The molecular weight excluding hydrogens is 196 g/mol. The van der Waals surface area contributed by atoms with Crippen LogP contribution in [0.25, 0.3) is 0 Å². The van der Waals surface area contributed by atoms with Gasteiger partial charge in [-0.25, -0.2) is 4.79 Å². The molecule has 2 N–H and O–H groups in total. The second-order valence-corrected chi connectivity index (χ2v) is 3.75. The van der Waals surface area contributed by atoms with Gasteiger partial charge in [0.05, 0.1) is 12.4 Å². The maximum Gasteiger partial charge on any atom is 0.333 e. The number of hydrogen-bond acceptors (Lipinski definition) is 4. The summed E-state index contributed by atoms with van der Waals surface area (Å²) in [5.74, 6) is -0.431. The number of carbonyl (C=O) groups is 1. The highest BCUT2D eigenvalue weighted by atomic mass is 16.4. The van der Waals surface area contributed by atoms with Crippen molar-refractivity contribution in [2.45, 2.75) is 32.0 Å². The zero-order valence-electron chi connectivity index (χ0n) is 8.97. The lowest BCUT2D eigenvalue weighted by Crippen LogP contribution is -2.44. The van der Waals surface area contributed by atoms with E-state index in [9.17, 15) is 9.90 Å². The third-order valence-corrected chi connectivity index (χ3v) is 2.55. The van der Waals surface area contributed by atoms with Crippen LogP contribution in [0, 0.1) is 0 Å². The van der Waals surface area contributed by atoms with E-state index in [0.29, 0.717) is 5.84 Å². The van der Waals surface area contributed by atoms with Gasteiger partial charge in [0.25, 0.3) is 0 Å². The Balaban J connectivity index is 2.97. The minimum absolute atomic E-state index is 0.192. The van der Waals surface area contributed by atoms with Crippen molar-refractivity contribution in [1.82, 2.24) is 4.90 Å². The lowest BCUT2D eigenvalue weighted by Gasteiger charge is -2.25. The number of hydrogen-bond donors (Lipinski definition) is 2. The molecule has 0 aromatic carbocycles. The van der Waals surface area contributed by atoms with Gasteiger partial charge in [0.2, 0.25) is 0 Å². The highest BCUT2D eigenvalue weighted by molar-refractivity contribution is 5.91. The summed E-state index contributed by atoms with van der Waals surface area (Å²) in [4.78, 5) is 16.9. The van der Waals surface area contributed by atoms with Gasteiger partial charge in [-0.1, -0.05) is 6.08 Å². The number of aliphatic hydroxyl groups is 1. The van der Waals surface area contributed by atoms with Crippen molar-refractivity contribution in [3.8, 4) is 0 Å². The average Bonchev–Trinajstić information content (AvgIpc) is 2.45. The molecule has 2 atom stereocenters. The Morgan fingerprint density at radius 3 is 2.80 bits per heavy atom. The number of aliphatic hydroxyl groups excluding tert-OH is 1. The molecule has 1 aliphatic heterocycles. The van der Waals surface area contributed by atoms with Crippen molar-refractivity contribution in [3.05, 3.63) is 12.7 Å². The van der Waals surface area contributed by atoms with Crippen LogP contribution in [0.5, 0.6) is 0 Å². The first-order chi connectivity index (χ1) is 6.93. The van der Waals surface area contributed by atoms with Crippen LogP contribution in [0.15, 0.2) is 17.6 Å². The van der Waals surface area contributed by atoms with Gasteiger partial charge in [-0.15, -0.1) is 6.58 Å². The highest BCUT2D eigenvalue weighted by Gasteiger charge is 2.44. The van der Waals surface area contributed by atoms with Crippen molar-refractivity contribution < 1.29 is 15.0 Å². The van der Waals surface area contributed by atoms with Gasteiger partial charge in [-0.3, -0.25) is 4.99 Å². The second-order valence-electron chi connectivity index (χ2n) is 3.75. The molecule has 0 bridgehead atoms. The normalized spacial score (nSPS) is 27.4. The van der Waals surface area contributed by atoms with Gasteiger partial charge in [0.15, 0.2) is 5.54 Å². The molecule has 5 nitrogen and oxygen atoms in total. The van der Waals surface area contributed by atoms with E-state index >= 15 is 0 Å². The monoisotopic (exact) mass is 212 g/mol. The Labute approximate surface area is 88.7 Å². The van der Waals surface area contributed by atoms with Crippen LogP contribution in [0.4, 0.5) is 0 Å². The third kappa shape index (κ3) is 2.02. The lowest BCUT2D eigenvalue weighted by molar-refractivity contribution is -0.143. The second kappa shape index (κ2) is 4.02. The fraction of sp³-hybridized carbons (Fsp3) is 0.600. The van der Waals surface area contributed by atoms with Crippen LogP contribution in [0.1, 0.15) is 20.3 Å². The summed E-state index contributed by atoms with van der Waals surface area (Å²) in [5, 5.41) is 18.6. The first-order valence-corrected chi connectivity index (χ1v) is 4.78. The van der Waals surface area contributed by atoms with E-state index in [4.69, 9.17) is 5.11 Å². The zero-order valence-corrected chi connectivity index (χ0v) is 8.97. The molecule has 0 fully saturated rings. The molecule has 0 aromatic rings.